The van der Waals surface area contributed by atoms with Crippen molar-refractivity contribution in [3.63, 3.8) is 0 Å². The van der Waals surface area contributed by atoms with E-state index in [1.807, 2.05) is 11.3 Å². The zero-order valence-corrected chi connectivity index (χ0v) is 14.3. The number of thiazole rings is 1. The van der Waals surface area contributed by atoms with Crippen LogP contribution in [0, 0.1) is 0 Å². The molecular formula is C15H28N4S. The Bertz CT molecular complexity index is 428. The molecule has 1 aromatic heterocycles. The Morgan fingerprint density at radius 3 is 2.75 bits per heavy atom. The molecule has 114 valence electrons. The molecule has 1 atom stereocenters. The summed E-state index contributed by atoms with van der Waals surface area (Å²) in [6.45, 7) is 9.77. The molecule has 0 radical (unpaired) electrons. The van der Waals surface area contributed by atoms with Crippen molar-refractivity contribution < 1.29 is 0 Å². The van der Waals surface area contributed by atoms with E-state index in [1.54, 1.807) is 0 Å². The first kappa shape index (κ1) is 15.7. The number of likely N-dealkylation sites (N-methyl/N-ethyl adjacent to an activating group) is 1. The summed E-state index contributed by atoms with van der Waals surface area (Å²) < 4.78 is 0. The smallest absolute Gasteiger partial charge is 0.185 e. The van der Waals surface area contributed by atoms with Gasteiger partial charge in [0.1, 0.15) is 0 Å². The van der Waals surface area contributed by atoms with Crippen LogP contribution < -0.4 is 10.2 Å². The third kappa shape index (κ3) is 3.71. The Hall–Kier alpha value is -0.650. The molecule has 0 aliphatic carbocycles. The molecule has 0 bridgehead atoms. The first-order valence-electron chi connectivity index (χ1n) is 7.64. The summed E-state index contributed by atoms with van der Waals surface area (Å²) >= 11 is 1.87. The number of hydrogen-bond acceptors (Lipinski definition) is 5. The second kappa shape index (κ2) is 6.87. The van der Waals surface area contributed by atoms with E-state index in [0.717, 1.165) is 26.1 Å². The SMILES string of the molecule is CCc1nc(N2CCC(N(C)C)C2)sc1CNC(C)C. The van der Waals surface area contributed by atoms with Gasteiger partial charge in [0, 0.05) is 36.6 Å². The van der Waals surface area contributed by atoms with E-state index in [1.165, 1.54) is 22.1 Å². The van der Waals surface area contributed by atoms with Crippen molar-refractivity contribution in [1.29, 1.82) is 0 Å². The Labute approximate surface area is 127 Å². The lowest BCUT2D eigenvalue weighted by Gasteiger charge is -2.19. The highest BCUT2D eigenvalue weighted by molar-refractivity contribution is 7.15. The van der Waals surface area contributed by atoms with E-state index in [4.69, 9.17) is 4.98 Å². The molecule has 1 aliphatic heterocycles. The molecule has 1 N–H and O–H groups in total. The Kier molecular flexibility index (Phi) is 5.41. The van der Waals surface area contributed by atoms with Gasteiger partial charge in [-0.25, -0.2) is 4.98 Å². The van der Waals surface area contributed by atoms with Gasteiger partial charge in [0.05, 0.1) is 5.69 Å². The number of nitrogens with one attached hydrogen (secondary N) is 1. The fourth-order valence-corrected chi connectivity index (χ4v) is 3.69. The van der Waals surface area contributed by atoms with Gasteiger partial charge in [-0.3, -0.25) is 0 Å². The Morgan fingerprint density at radius 2 is 2.20 bits per heavy atom. The van der Waals surface area contributed by atoms with E-state index >= 15 is 0 Å². The molecule has 1 saturated heterocycles. The van der Waals surface area contributed by atoms with Gasteiger partial charge in [0.15, 0.2) is 5.13 Å². The van der Waals surface area contributed by atoms with E-state index in [2.05, 4.69) is 50.0 Å². The standard InChI is InChI=1S/C15H28N4S/c1-6-13-14(9-16-11(2)3)20-15(17-13)19-8-7-12(10-19)18(4)5/h11-12,16H,6-10H2,1-5H3. The van der Waals surface area contributed by atoms with Crippen molar-refractivity contribution in [2.24, 2.45) is 0 Å². The van der Waals surface area contributed by atoms with Crippen molar-refractivity contribution in [3.8, 4) is 0 Å². The van der Waals surface area contributed by atoms with Crippen molar-refractivity contribution in [2.75, 3.05) is 32.1 Å². The van der Waals surface area contributed by atoms with Crippen LogP contribution in [0.5, 0.6) is 0 Å². The topological polar surface area (TPSA) is 31.4 Å². The van der Waals surface area contributed by atoms with E-state index in [9.17, 15) is 0 Å². The second-order valence-corrected chi connectivity index (χ2v) is 7.17. The summed E-state index contributed by atoms with van der Waals surface area (Å²) in [6, 6.07) is 1.19. The minimum atomic E-state index is 0.523. The Morgan fingerprint density at radius 1 is 1.45 bits per heavy atom. The van der Waals surface area contributed by atoms with Crippen molar-refractivity contribution >= 4 is 16.5 Å². The third-order valence-electron chi connectivity index (χ3n) is 3.94. The van der Waals surface area contributed by atoms with Gasteiger partial charge in [-0.05, 0) is 26.9 Å². The van der Waals surface area contributed by atoms with Crippen LogP contribution in [0.15, 0.2) is 0 Å². The number of aryl methyl sites for hydroxylation is 1. The zero-order chi connectivity index (χ0) is 14.7. The molecule has 0 aromatic carbocycles. The van der Waals surface area contributed by atoms with E-state index in [-0.39, 0.29) is 0 Å². The molecule has 2 rings (SSSR count). The normalized spacial score (nSPS) is 19.6. The molecule has 0 saturated carbocycles. The van der Waals surface area contributed by atoms with Crippen molar-refractivity contribution in [1.82, 2.24) is 15.2 Å². The largest absolute Gasteiger partial charge is 0.346 e. The number of nitrogens with zero attached hydrogens (tertiary/aromatic N) is 3. The maximum absolute atomic E-state index is 4.87. The zero-order valence-electron chi connectivity index (χ0n) is 13.4. The molecule has 1 aromatic rings. The maximum Gasteiger partial charge on any atom is 0.185 e. The first-order valence-corrected chi connectivity index (χ1v) is 8.46. The maximum atomic E-state index is 4.87. The van der Waals surface area contributed by atoms with E-state index < -0.39 is 0 Å². The van der Waals surface area contributed by atoms with Gasteiger partial charge in [0.2, 0.25) is 0 Å². The summed E-state index contributed by atoms with van der Waals surface area (Å²) in [4.78, 5) is 11.1. The fourth-order valence-electron chi connectivity index (χ4n) is 2.55. The lowest BCUT2D eigenvalue weighted by Crippen LogP contribution is -2.31. The van der Waals surface area contributed by atoms with Crippen molar-refractivity contribution in [3.05, 3.63) is 10.6 Å². The second-order valence-electron chi connectivity index (χ2n) is 6.11. The van der Waals surface area contributed by atoms with Gasteiger partial charge in [-0.2, -0.15) is 0 Å². The van der Waals surface area contributed by atoms with Gasteiger partial charge >= 0.3 is 0 Å². The predicted octanol–water partition coefficient (Wildman–Crippen LogP) is 2.34. The number of aromatic nitrogens is 1. The molecule has 0 spiro atoms. The lowest BCUT2D eigenvalue weighted by atomic mass is 10.2. The fraction of sp³-hybridized carbons (Fsp3) is 0.800. The average molecular weight is 296 g/mol. The average Bonchev–Trinajstić information content (AvgIpc) is 3.02. The van der Waals surface area contributed by atoms with Gasteiger partial charge in [0.25, 0.3) is 0 Å². The molecule has 2 heterocycles. The lowest BCUT2D eigenvalue weighted by molar-refractivity contribution is 0.315. The highest BCUT2D eigenvalue weighted by Crippen LogP contribution is 2.30. The van der Waals surface area contributed by atoms with Crippen LogP contribution in [0.25, 0.3) is 0 Å². The molecule has 0 amide bonds. The quantitative estimate of drug-likeness (QED) is 0.873. The van der Waals surface area contributed by atoms with Crippen LogP contribution >= 0.6 is 11.3 Å². The first-order chi connectivity index (χ1) is 9.51. The van der Waals surface area contributed by atoms with Crippen LogP contribution in [0.2, 0.25) is 0 Å². The van der Waals surface area contributed by atoms with Crippen molar-refractivity contribution in [2.45, 2.75) is 52.2 Å². The third-order valence-corrected chi connectivity index (χ3v) is 5.10. The van der Waals surface area contributed by atoms with Gasteiger partial charge in [-0.1, -0.05) is 20.8 Å². The summed E-state index contributed by atoms with van der Waals surface area (Å²) in [5, 5.41) is 4.73. The minimum Gasteiger partial charge on any atom is -0.346 e. The molecule has 1 fully saturated rings. The Balaban J connectivity index is 2.05. The van der Waals surface area contributed by atoms with Gasteiger partial charge < -0.3 is 15.1 Å². The minimum absolute atomic E-state index is 0.523. The van der Waals surface area contributed by atoms with E-state index in [0.29, 0.717) is 12.1 Å². The molecule has 1 aliphatic rings. The van der Waals surface area contributed by atoms with Crippen LogP contribution in [-0.2, 0) is 13.0 Å². The highest BCUT2D eigenvalue weighted by Gasteiger charge is 2.26. The monoisotopic (exact) mass is 296 g/mol. The number of rotatable bonds is 6. The molecule has 1 unspecified atom stereocenters. The molecule has 20 heavy (non-hydrogen) atoms. The highest BCUT2D eigenvalue weighted by atomic mass is 32.1. The van der Waals surface area contributed by atoms with Crippen LogP contribution in [-0.4, -0.2) is 49.2 Å². The molecule has 4 nitrogen and oxygen atoms in total. The number of anilines is 1. The summed E-state index contributed by atoms with van der Waals surface area (Å²) in [7, 11) is 4.34. The number of hydrogen-bond donors (Lipinski definition) is 1. The van der Waals surface area contributed by atoms with Crippen LogP contribution in [0.4, 0.5) is 5.13 Å². The summed E-state index contributed by atoms with van der Waals surface area (Å²) in [5.74, 6) is 0. The summed E-state index contributed by atoms with van der Waals surface area (Å²) in [5.41, 5.74) is 1.27. The molecular weight excluding hydrogens is 268 g/mol. The predicted molar refractivity (Wildman–Crippen MR) is 87.8 cm³/mol. The van der Waals surface area contributed by atoms with Gasteiger partial charge in [-0.15, -0.1) is 11.3 Å². The molecule has 5 heteroatoms. The van der Waals surface area contributed by atoms with Crippen LogP contribution in [0.3, 0.4) is 0 Å². The summed E-state index contributed by atoms with van der Waals surface area (Å²) in [6.07, 6.45) is 2.27. The van der Waals surface area contributed by atoms with Crippen LogP contribution in [0.1, 0.15) is 37.8 Å².